The normalized spacial score (nSPS) is 10.4. The van der Waals surface area contributed by atoms with E-state index in [0.717, 1.165) is 10.6 Å². The molecule has 0 fully saturated rings. The van der Waals surface area contributed by atoms with Crippen LogP contribution in [0, 0.1) is 13.8 Å². The molecule has 1 N–H and O–H groups in total. The number of carbonyl (C=O) groups is 1. The Hall–Kier alpha value is -1.81. The summed E-state index contributed by atoms with van der Waals surface area (Å²) in [5.41, 5.74) is 3.86. The fourth-order valence-electron chi connectivity index (χ4n) is 1.73. The molecule has 0 radical (unpaired) electrons. The van der Waals surface area contributed by atoms with E-state index >= 15 is 0 Å². The van der Waals surface area contributed by atoms with E-state index in [4.69, 9.17) is 5.11 Å². The first-order valence-electron chi connectivity index (χ1n) is 5.94. The number of carboxylic acid groups (broad SMARTS) is 1. The third-order valence-electron chi connectivity index (χ3n) is 2.85. The van der Waals surface area contributed by atoms with Gasteiger partial charge in [0.05, 0.1) is 0 Å². The van der Waals surface area contributed by atoms with Gasteiger partial charge in [-0.3, -0.25) is 0 Å². The van der Waals surface area contributed by atoms with Crippen molar-refractivity contribution in [3.63, 3.8) is 0 Å². The van der Waals surface area contributed by atoms with E-state index in [1.165, 1.54) is 22.9 Å². The fourth-order valence-corrected chi connectivity index (χ4v) is 2.72. The van der Waals surface area contributed by atoms with Gasteiger partial charge in [-0.15, -0.1) is 11.8 Å². The third-order valence-corrected chi connectivity index (χ3v) is 3.89. The van der Waals surface area contributed by atoms with Crippen molar-refractivity contribution >= 4 is 17.7 Å². The van der Waals surface area contributed by atoms with Crippen molar-refractivity contribution in [2.45, 2.75) is 24.5 Å². The highest BCUT2D eigenvalue weighted by molar-refractivity contribution is 7.98. The summed E-state index contributed by atoms with van der Waals surface area (Å²) in [5.74, 6) is -0.162. The minimum atomic E-state index is -0.991. The molecule has 2 rings (SSSR count). The minimum absolute atomic E-state index is 0.0889. The topological polar surface area (TPSA) is 50.2 Å². The van der Waals surface area contributed by atoms with Gasteiger partial charge in [0.2, 0.25) is 0 Å². The van der Waals surface area contributed by atoms with E-state index < -0.39 is 5.97 Å². The average Bonchev–Trinajstić information content (AvgIpc) is 2.40. The van der Waals surface area contributed by atoms with Crippen LogP contribution in [0.1, 0.15) is 27.2 Å². The molecule has 0 unspecified atom stereocenters. The standard InChI is InChI=1S/C15H15NO2S/c1-10-3-4-11(2)12(7-10)9-19-13-5-6-16-14(8-13)15(17)18/h3-8H,9H2,1-2H3,(H,17,18). The summed E-state index contributed by atoms with van der Waals surface area (Å²) < 4.78 is 0. The number of pyridine rings is 1. The zero-order valence-corrected chi connectivity index (χ0v) is 11.7. The molecule has 0 bridgehead atoms. The number of nitrogens with zero attached hydrogens (tertiary/aromatic N) is 1. The number of aromatic carboxylic acids is 1. The SMILES string of the molecule is Cc1ccc(C)c(CSc2ccnc(C(=O)O)c2)c1. The Morgan fingerprint density at radius 2 is 2.05 bits per heavy atom. The molecule has 0 spiro atoms. The van der Waals surface area contributed by atoms with Gasteiger partial charge < -0.3 is 5.11 Å². The van der Waals surface area contributed by atoms with Gasteiger partial charge in [0.1, 0.15) is 5.69 Å². The van der Waals surface area contributed by atoms with Crippen LogP contribution in [0.15, 0.2) is 41.4 Å². The molecule has 2 aromatic rings. The second kappa shape index (κ2) is 5.89. The number of rotatable bonds is 4. The van der Waals surface area contributed by atoms with Crippen molar-refractivity contribution in [2.75, 3.05) is 0 Å². The molecule has 1 aromatic carbocycles. The van der Waals surface area contributed by atoms with Crippen LogP contribution in [0.2, 0.25) is 0 Å². The molecule has 0 saturated heterocycles. The maximum atomic E-state index is 10.9. The van der Waals surface area contributed by atoms with Crippen LogP contribution in [0.25, 0.3) is 0 Å². The maximum absolute atomic E-state index is 10.9. The maximum Gasteiger partial charge on any atom is 0.354 e. The molecular formula is C15H15NO2S. The second-order valence-electron chi connectivity index (χ2n) is 4.40. The molecule has 3 nitrogen and oxygen atoms in total. The Labute approximate surface area is 116 Å². The Kier molecular flexibility index (Phi) is 4.22. The number of benzene rings is 1. The average molecular weight is 273 g/mol. The number of carboxylic acids is 1. The predicted octanol–water partition coefficient (Wildman–Crippen LogP) is 3.69. The van der Waals surface area contributed by atoms with Crippen molar-refractivity contribution in [3.05, 3.63) is 58.9 Å². The van der Waals surface area contributed by atoms with Gasteiger partial charge in [0.15, 0.2) is 0 Å². The number of thioether (sulfide) groups is 1. The van der Waals surface area contributed by atoms with Gasteiger partial charge in [0, 0.05) is 16.8 Å². The molecule has 4 heteroatoms. The monoisotopic (exact) mass is 273 g/mol. The van der Waals surface area contributed by atoms with E-state index in [1.807, 2.05) is 6.07 Å². The van der Waals surface area contributed by atoms with Gasteiger partial charge in [-0.2, -0.15) is 0 Å². The summed E-state index contributed by atoms with van der Waals surface area (Å²) in [4.78, 5) is 15.6. The van der Waals surface area contributed by atoms with Gasteiger partial charge in [-0.25, -0.2) is 9.78 Å². The smallest absolute Gasteiger partial charge is 0.354 e. The lowest BCUT2D eigenvalue weighted by atomic mass is 10.1. The molecule has 0 saturated carbocycles. The van der Waals surface area contributed by atoms with Crippen LogP contribution in [-0.4, -0.2) is 16.1 Å². The Balaban J connectivity index is 2.12. The van der Waals surface area contributed by atoms with E-state index in [9.17, 15) is 4.79 Å². The van der Waals surface area contributed by atoms with Crippen LogP contribution in [0.5, 0.6) is 0 Å². The number of hydrogen-bond donors (Lipinski definition) is 1. The Bertz CT molecular complexity index is 611. The first kappa shape index (κ1) is 13.6. The highest BCUT2D eigenvalue weighted by Gasteiger charge is 2.06. The lowest BCUT2D eigenvalue weighted by Gasteiger charge is -2.07. The van der Waals surface area contributed by atoms with Crippen molar-refractivity contribution in [3.8, 4) is 0 Å². The van der Waals surface area contributed by atoms with Crippen molar-refractivity contribution in [2.24, 2.45) is 0 Å². The van der Waals surface area contributed by atoms with Crippen molar-refractivity contribution < 1.29 is 9.90 Å². The quantitative estimate of drug-likeness (QED) is 0.863. The molecule has 0 aliphatic heterocycles. The second-order valence-corrected chi connectivity index (χ2v) is 5.45. The highest BCUT2D eigenvalue weighted by atomic mass is 32.2. The van der Waals surface area contributed by atoms with E-state index in [1.54, 1.807) is 17.8 Å². The van der Waals surface area contributed by atoms with E-state index in [-0.39, 0.29) is 5.69 Å². The Morgan fingerprint density at radius 3 is 2.79 bits per heavy atom. The van der Waals surface area contributed by atoms with E-state index in [0.29, 0.717) is 0 Å². The van der Waals surface area contributed by atoms with Crippen LogP contribution in [-0.2, 0) is 5.75 Å². The summed E-state index contributed by atoms with van der Waals surface area (Å²) in [6, 6.07) is 9.82. The van der Waals surface area contributed by atoms with Gasteiger partial charge in [-0.05, 0) is 37.1 Å². The molecule has 98 valence electrons. The molecule has 0 amide bonds. The van der Waals surface area contributed by atoms with Crippen LogP contribution in [0.3, 0.4) is 0 Å². The summed E-state index contributed by atoms with van der Waals surface area (Å²) in [7, 11) is 0. The first-order chi connectivity index (χ1) is 9.06. The van der Waals surface area contributed by atoms with Gasteiger partial charge in [-0.1, -0.05) is 23.8 Å². The molecule has 0 aliphatic carbocycles. The third kappa shape index (κ3) is 3.58. The van der Waals surface area contributed by atoms with Crippen LogP contribution >= 0.6 is 11.8 Å². The summed E-state index contributed by atoms with van der Waals surface area (Å²) >= 11 is 1.62. The Morgan fingerprint density at radius 1 is 1.26 bits per heavy atom. The zero-order chi connectivity index (χ0) is 13.8. The van der Waals surface area contributed by atoms with Crippen LogP contribution in [0.4, 0.5) is 0 Å². The van der Waals surface area contributed by atoms with Gasteiger partial charge in [0.25, 0.3) is 0 Å². The number of hydrogen-bond acceptors (Lipinski definition) is 3. The zero-order valence-electron chi connectivity index (χ0n) is 10.9. The van der Waals surface area contributed by atoms with Crippen molar-refractivity contribution in [1.82, 2.24) is 4.98 Å². The number of aromatic nitrogens is 1. The van der Waals surface area contributed by atoms with Gasteiger partial charge >= 0.3 is 5.97 Å². The molecule has 19 heavy (non-hydrogen) atoms. The number of aryl methyl sites for hydroxylation is 2. The van der Waals surface area contributed by atoms with Crippen molar-refractivity contribution in [1.29, 1.82) is 0 Å². The summed E-state index contributed by atoms with van der Waals surface area (Å²) in [6.07, 6.45) is 1.54. The summed E-state index contributed by atoms with van der Waals surface area (Å²) in [5, 5.41) is 8.90. The molecule has 1 heterocycles. The first-order valence-corrected chi connectivity index (χ1v) is 6.93. The molecular weight excluding hydrogens is 258 g/mol. The summed E-state index contributed by atoms with van der Waals surface area (Å²) in [6.45, 7) is 4.16. The van der Waals surface area contributed by atoms with E-state index in [2.05, 4.69) is 37.0 Å². The predicted molar refractivity (Wildman–Crippen MR) is 76.7 cm³/mol. The minimum Gasteiger partial charge on any atom is -0.477 e. The molecule has 0 atom stereocenters. The lowest BCUT2D eigenvalue weighted by Crippen LogP contribution is -1.99. The van der Waals surface area contributed by atoms with Crippen LogP contribution < -0.4 is 0 Å². The fraction of sp³-hybridized carbons (Fsp3) is 0.200. The lowest BCUT2D eigenvalue weighted by molar-refractivity contribution is 0.0690. The molecule has 1 aromatic heterocycles. The molecule has 0 aliphatic rings. The highest BCUT2D eigenvalue weighted by Crippen LogP contribution is 2.25. The largest absolute Gasteiger partial charge is 0.477 e.